The van der Waals surface area contributed by atoms with Crippen molar-refractivity contribution in [2.24, 2.45) is 0 Å². The van der Waals surface area contributed by atoms with Crippen LogP contribution in [0.5, 0.6) is 0 Å². The summed E-state index contributed by atoms with van der Waals surface area (Å²) in [5.41, 5.74) is 1.40. The number of hydrogen-bond acceptors (Lipinski definition) is 3. The molecule has 0 saturated carbocycles. The number of carbonyl (C=O) groups excluding carboxylic acids is 1. The first-order valence-electron chi connectivity index (χ1n) is 5.97. The first-order valence-corrected chi connectivity index (χ1v) is 6.35. The fourth-order valence-corrected chi connectivity index (χ4v) is 1.92. The van der Waals surface area contributed by atoms with E-state index in [1.807, 2.05) is 37.3 Å². The standard InChI is InChI=1S/C14H14ClN3O/c1-10(7-11-5-3-2-4-6-11)17-14(19)12-8-16-9-13(15)18-12/h2-6,8-10H,7H2,1H3,(H,17,19). The van der Waals surface area contributed by atoms with Crippen LogP contribution >= 0.6 is 11.6 Å². The van der Waals surface area contributed by atoms with Crippen molar-refractivity contribution < 1.29 is 4.79 Å². The van der Waals surface area contributed by atoms with Crippen LogP contribution in [0.4, 0.5) is 0 Å². The highest BCUT2D eigenvalue weighted by Gasteiger charge is 2.12. The zero-order chi connectivity index (χ0) is 13.7. The van der Waals surface area contributed by atoms with Gasteiger partial charge in [-0.2, -0.15) is 0 Å². The van der Waals surface area contributed by atoms with Crippen LogP contribution in [0.3, 0.4) is 0 Å². The summed E-state index contributed by atoms with van der Waals surface area (Å²) in [6.45, 7) is 1.95. The van der Waals surface area contributed by atoms with Crippen molar-refractivity contribution in [3.05, 3.63) is 59.1 Å². The zero-order valence-electron chi connectivity index (χ0n) is 10.5. The van der Waals surface area contributed by atoms with E-state index in [1.165, 1.54) is 18.0 Å². The van der Waals surface area contributed by atoms with E-state index < -0.39 is 0 Å². The number of halogens is 1. The predicted molar refractivity (Wildman–Crippen MR) is 74.1 cm³/mol. The van der Waals surface area contributed by atoms with E-state index in [1.54, 1.807) is 0 Å². The van der Waals surface area contributed by atoms with E-state index >= 15 is 0 Å². The molecule has 1 amide bonds. The van der Waals surface area contributed by atoms with Crippen LogP contribution in [-0.4, -0.2) is 21.9 Å². The molecule has 0 fully saturated rings. The Bertz CT molecular complexity index is 560. The van der Waals surface area contributed by atoms with Gasteiger partial charge in [0, 0.05) is 6.04 Å². The lowest BCUT2D eigenvalue weighted by atomic mass is 10.1. The maximum absolute atomic E-state index is 11.9. The second-order valence-corrected chi connectivity index (χ2v) is 4.68. The minimum absolute atomic E-state index is 0.00989. The molecule has 0 aliphatic rings. The molecule has 0 bridgehead atoms. The van der Waals surface area contributed by atoms with Crippen molar-refractivity contribution in [2.45, 2.75) is 19.4 Å². The third-order valence-electron chi connectivity index (χ3n) is 2.60. The molecule has 1 N–H and O–H groups in total. The van der Waals surface area contributed by atoms with Crippen LogP contribution in [0.15, 0.2) is 42.7 Å². The maximum atomic E-state index is 11.9. The summed E-state index contributed by atoms with van der Waals surface area (Å²) in [5, 5.41) is 3.08. The molecule has 0 aliphatic heterocycles. The Balaban J connectivity index is 1.95. The van der Waals surface area contributed by atoms with E-state index in [2.05, 4.69) is 15.3 Å². The van der Waals surface area contributed by atoms with Gasteiger partial charge in [0.15, 0.2) is 0 Å². The van der Waals surface area contributed by atoms with E-state index in [0.29, 0.717) is 0 Å². The summed E-state index contributed by atoms with van der Waals surface area (Å²) in [6.07, 6.45) is 3.56. The van der Waals surface area contributed by atoms with Crippen molar-refractivity contribution in [2.75, 3.05) is 0 Å². The van der Waals surface area contributed by atoms with Crippen LogP contribution < -0.4 is 5.32 Å². The molecule has 19 heavy (non-hydrogen) atoms. The van der Waals surface area contributed by atoms with Crippen molar-refractivity contribution >= 4 is 17.5 Å². The Hall–Kier alpha value is -1.94. The number of carbonyl (C=O) groups is 1. The monoisotopic (exact) mass is 275 g/mol. The fourth-order valence-electron chi connectivity index (χ4n) is 1.77. The van der Waals surface area contributed by atoms with Crippen molar-refractivity contribution in [1.82, 2.24) is 15.3 Å². The molecule has 1 aromatic carbocycles. The molecule has 1 aromatic heterocycles. The van der Waals surface area contributed by atoms with Crippen molar-refractivity contribution in [3.8, 4) is 0 Å². The summed E-state index contributed by atoms with van der Waals surface area (Å²) in [4.78, 5) is 19.7. The number of benzene rings is 1. The van der Waals surface area contributed by atoms with Crippen LogP contribution in [0, 0.1) is 0 Å². The molecule has 0 aliphatic carbocycles. The summed E-state index contributed by atoms with van der Waals surface area (Å²) < 4.78 is 0. The Morgan fingerprint density at radius 3 is 2.74 bits per heavy atom. The second-order valence-electron chi connectivity index (χ2n) is 4.29. The number of aromatic nitrogens is 2. The molecule has 4 nitrogen and oxygen atoms in total. The first-order chi connectivity index (χ1) is 9.15. The minimum Gasteiger partial charge on any atom is -0.348 e. The molecule has 98 valence electrons. The van der Waals surface area contributed by atoms with Crippen molar-refractivity contribution in [3.63, 3.8) is 0 Å². The van der Waals surface area contributed by atoms with Gasteiger partial charge in [-0.3, -0.25) is 9.78 Å². The van der Waals surface area contributed by atoms with E-state index in [9.17, 15) is 4.79 Å². The van der Waals surface area contributed by atoms with E-state index in [-0.39, 0.29) is 22.8 Å². The average Bonchev–Trinajstić information content (AvgIpc) is 2.39. The number of rotatable bonds is 4. The Morgan fingerprint density at radius 2 is 2.05 bits per heavy atom. The van der Waals surface area contributed by atoms with Gasteiger partial charge in [-0.05, 0) is 18.9 Å². The van der Waals surface area contributed by atoms with E-state index in [0.717, 1.165) is 6.42 Å². The Kier molecular flexibility index (Phi) is 4.47. The summed E-state index contributed by atoms with van der Waals surface area (Å²) in [7, 11) is 0. The Labute approximate surface area is 116 Å². The molecule has 5 heteroatoms. The molecule has 1 heterocycles. The second kappa shape index (κ2) is 6.29. The number of hydrogen-bond donors (Lipinski definition) is 1. The molecule has 0 radical (unpaired) electrons. The molecule has 2 rings (SSSR count). The minimum atomic E-state index is -0.265. The quantitative estimate of drug-likeness (QED) is 0.933. The molecule has 0 spiro atoms. The van der Waals surface area contributed by atoms with Gasteiger partial charge in [0.1, 0.15) is 10.8 Å². The van der Waals surface area contributed by atoms with Crippen LogP contribution in [0.2, 0.25) is 5.15 Å². The maximum Gasteiger partial charge on any atom is 0.271 e. The smallest absolute Gasteiger partial charge is 0.271 e. The van der Waals surface area contributed by atoms with Crippen LogP contribution in [0.25, 0.3) is 0 Å². The fraction of sp³-hybridized carbons (Fsp3) is 0.214. The summed E-state index contributed by atoms with van der Waals surface area (Å²) >= 11 is 5.70. The van der Waals surface area contributed by atoms with Gasteiger partial charge in [0.05, 0.1) is 12.4 Å². The average molecular weight is 276 g/mol. The molecular weight excluding hydrogens is 262 g/mol. The molecule has 2 aromatic rings. The third-order valence-corrected chi connectivity index (χ3v) is 2.78. The van der Waals surface area contributed by atoms with Crippen LogP contribution in [-0.2, 0) is 6.42 Å². The molecule has 0 saturated heterocycles. The van der Waals surface area contributed by atoms with Crippen LogP contribution in [0.1, 0.15) is 23.0 Å². The zero-order valence-corrected chi connectivity index (χ0v) is 11.3. The first kappa shape index (κ1) is 13.5. The Morgan fingerprint density at radius 1 is 1.32 bits per heavy atom. The summed E-state index contributed by atoms with van der Waals surface area (Å²) in [6, 6.07) is 9.99. The van der Waals surface area contributed by atoms with Gasteiger partial charge in [-0.15, -0.1) is 0 Å². The lowest BCUT2D eigenvalue weighted by Gasteiger charge is -2.13. The normalized spacial score (nSPS) is 11.9. The topological polar surface area (TPSA) is 54.9 Å². The van der Waals surface area contributed by atoms with Gasteiger partial charge in [-0.25, -0.2) is 4.98 Å². The highest BCUT2D eigenvalue weighted by molar-refractivity contribution is 6.29. The number of nitrogens with zero attached hydrogens (tertiary/aromatic N) is 2. The van der Waals surface area contributed by atoms with Gasteiger partial charge < -0.3 is 5.32 Å². The predicted octanol–water partition coefficient (Wildman–Crippen LogP) is 2.49. The highest BCUT2D eigenvalue weighted by atomic mass is 35.5. The van der Waals surface area contributed by atoms with Crippen molar-refractivity contribution in [1.29, 1.82) is 0 Å². The SMILES string of the molecule is CC(Cc1ccccc1)NC(=O)c1cncc(Cl)n1. The largest absolute Gasteiger partial charge is 0.348 e. The van der Waals surface area contributed by atoms with Gasteiger partial charge in [0.2, 0.25) is 0 Å². The third kappa shape index (κ3) is 4.03. The van der Waals surface area contributed by atoms with Gasteiger partial charge in [-0.1, -0.05) is 41.9 Å². The summed E-state index contributed by atoms with van der Waals surface area (Å²) in [5.74, 6) is -0.265. The lowest BCUT2D eigenvalue weighted by molar-refractivity contribution is 0.0934. The molecular formula is C14H14ClN3O. The van der Waals surface area contributed by atoms with E-state index in [4.69, 9.17) is 11.6 Å². The highest BCUT2D eigenvalue weighted by Crippen LogP contribution is 2.05. The van der Waals surface area contributed by atoms with Gasteiger partial charge >= 0.3 is 0 Å². The van der Waals surface area contributed by atoms with Gasteiger partial charge in [0.25, 0.3) is 5.91 Å². The number of amides is 1. The molecule has 1 unspecified atom stereocenters. The lowest BCUT2D eigenvalue weighted by Crippen LogP contribution is -2.34. The molecule has 1 atom stereocenters. The number of nitrogens with one attached hydrogen (secondary N) is 1.